The summed E-state index contributed by atoms with van der Waals surface area (Å²) in [6.07, 6.45) is 0. The van der Waals surface area contributed by atoms with E-state index in [-0.39, 0.29) is 6.04 Å². The van der Waals surface area contributed by atoms with E-state index in [1.807, 2.05) is 36.4 Å². The van der Waals surface area contributed by atoms with Gasteiger partial charge in [0.2, 0.25) is 0 Å². The molecule has 25 heavy (non-hydrogen) atoms. The van der Waals surface area contributed by atoms with Gasteiger partial charge in [0.05, 0.1) is 35.9 Å². The summed E-state index contributed by atoms with van der Waals surface area (Å²) in [6, 6.07) is 11.6. The Kier molecular flexibility index (Phi) is 6.07. The van der Waals surface area contributed by atoms with Crippen LogP contribution in [0.4, 0.5) is 0 Å². The Bertz CT molecular complexity index is 711. The first-order valence-electron chi connectivity index (χ1n) is 8.26. The molecular weight excluding hydrogens is 359 g/mol. The van der Waals surface area contributed by atoms with Crippen LogP contribution in [0.2, 0.25) is 10.0 Å². The van der Waals surface area contributed by atoms with E-state index in [2.05, 4.69) is 10.2 Å². The van der Waals surface area contributed by atoms with E-state index >= 15 is 0 Å². The molecule has 1 saturated heterocycles. The Morgan fingerprint density at radius 2 is 1.60 bits per heavy atom. The van der Waals surface area contributed by atoms with Gasteiger partial charge in [0.1, 0.15) is 11.5 Å². The molecule has 0 bridgehead atoms. The van der Waals surface area contributed by atoms with Crippen LogP contribution in [0.1, 0.15) is 17.2 Å². The van der Waals surface area contributed by atoms with E-state index in [9.17, 15) is 0 Å². The van der Waals surface area contributed by atoms with E-state index in [4.69, 9.17) is 32.7 Å². The fraction of sp³-hybridized carbons (Fsp3) is 0.368. The van der Waals surface area contributed by atoms with Crippen molar-refractivity contribution in [3.05, 3.63) is 57.6 Å². The van der Waals surface area contributed by atoms with Crippen LogP contribution < -0.4 is 14.8 Å². The van der Waals surface area contributed by atoms with Crippen LogP contribution in [0.3, 0.4) is 0 Å². The number of piperazine rings is 1. The van der Waals surface area contributed by atoms with Crippen LogP contribution >= 0.6 is 23.2 Å². The highest BCUT2D eigenvalue weighted by Crippen LogP contribution is 2.42. The van der Waals surface area contributed by atoms with Crippen LogP contribution in [-0.2, 0) is 0 Å². The summed E-state index contributed by atoms with van der Waals surface area (Å²) in [4.78, 5) is 2.41. The molecule has 2 aromatic rings. The first-order chi connectivity index (χ1) is 12.2. The van der Waals surface area contributed by atoms with Crippen LogP contribution in [0.15, 0.2) is 36.4 Å². The lowest BCUT2D eigenvalue weighted by molar-refractivity contribution is 0.192. The number of ether oxygens (including phenoxy) is 2. The lowest BCUT2D eigenvalue weighted by Gasteiger charge is -2.36. The minimum atomic E-state index is -0.0250. The third-order valence-electron chi connectivity index (χ3n) is 4.52. The van der Waals surface area contributed by atoms with E-state index in [0.717, 1.165) is 48.8 Å². The minimum absolute atomic E-state index is 0.0250. The second-order valence-corrected chi connectivity index (χ2v) is 6.75. The molecule has 1 fully saturated rings. The fourth-order valence-corrected chi connectivity index (χ4v) is 3.64. The Labute approximate surface area is 158 Å². The van der Waals surface area contributed by atoms with Gasteiger partial charge in [-0.05, 0) is 29.8 Å². The molecule has 0 aliphatic carbocycles. The zero-order valence-corrected chi connectivity index (χ0v) is 15.9. The molecule has 0 amide bonds. The van der Waals surface area contributed by atoms with Gasteiger partial charge in [0.25, 0.3) is 0 Å². The molecule has 1 N–H and O–H groups in total. The molecule has 1 atom stereocenters. The second kappa shape index (κ2) is 8.28. The topological polar surface area (TPSA) is 33.7 Å². The molecule has 0 saturated carbocycles. The van der Waals surface area contributed by atoms with Crippen LogP contribution in [-0.4, -0.2) is 45.3 Å². The highest BCUT2D eigenvalue weighted by Gasteiger charge is 2.29. The van der Waals surface area contributed by atoms with Crippen LogP contribution in [0.5, 0.6) is 11.5 Å². The molecule has 134 valence electrons. The van der Waals surface area contributed by atoms with Crippen molar-refractivity contribution in [2.45, 2.75) is 6.04 Å². The first kappa shape index (κ1) is 18.3. The van der Waals surface area contributed by atoms with Crippen molar-refractivity contribution in [1.29, 1.82) is 0 Å². The van der Waals surface area contributed by atoms with Gasteiger partial charge in [-0.25, -0.2) is 0 Å². The zero-order valence-electron chi connectivity index (χ0n) is 14.4. The summed E-state index contributed by atoms with van der Waals surface area (Å²) < 4.78 is 11.3. The van der Waals surface area contributed by atoms with Crippen molar-refractivity contribution >= 4 is 23.2 Å². The maximum absolute atomic E-state index is 6.31. The van der Waals surface area contributed by atoms with Crippen molar-refractivity contribution in [1.82, 2.24) is 10.2 Å². The quantitative estimate of drug-likeness (QED) is 0.849. The molecule has 0 spiro atoms. The molecule has 1 aliphatic heterocycles. The van der Waals surface area contributed by atoms with Gasteiger partial charge < -0.3 is 14.8 Å². The molecule has 1 heterocycles. The fourth-order valence-electron chi connectivity index (χ4n) is 3.33. The van der Waals surface area contributed by atoms with Crippen LogP contribution in [0, 0.1) is 0 Å². The first-order valence-corrected chi connectivity index (χ1v) is 9.02. The largest absolute Gasteiger partial charge is 0.496 e. The van der Waals surface area contributed by atoms with Crippen molar-refractivity contribution < 1.29 is 9.47 Å². The molecule has 0 radical (unpaired) electrons. The summed E-state index contributed by atoms with van der Waals surface area (Å²) in [5.74, 6) is 1.60. The minimum Gasteiger partial charge on any atom is -0.496 e. The average molecular weight is 381 g/mol. The number of methoxy groups -OCH3 is 2. The maximum atomic E-state index is 6.31. The Hall–Kier alpha value is -1.46. The van der Waals surface area contributed by atoms with E-state index in [1.165, 1.54) is 0 Å². The Balaban J connectivity index is 2.16. The number of nitrogens with zero attached hydrogens (tertiary/aromatic N) is 1. The van der Waals surface area contributed by atoms with Crippen molar-refractivity contribution in [2.24, 2.45) is 0 Å². The molecule has 2 aromatic carbocycles. The van der Waals surface area contributed by atoms with Gasteiger partial charge in [-0.3, -0.25) is 4.90 Å². The van der Waals surface area contributed by atoms with Crippen molar-refractivity contribution in [3.63, 3.8) is 0 Å². The molecule has 0 aromatic heterocycles. The lowest BCUT2D eigenvalue weighted by Crippen LogP contribution is -2.45. The number of rotatable bonds is 5. The number of nitrogens with one attached hydrogen (secondary N) is 1. The van der Waals surface area contributed by atoms with Crippen molar-refractivity contribution in [2.75, 3.05) is 40.4 Å². The van der Waals surface area contributed by atoms with E-state index in [0.29, 0.717) is 10.0 Å². The molecular formula is C19H22Cl2N2O2. The lowest BCUT2D eigenvalue weighted by atomic mass is 9.94. The highest BCUT2D eigenvalue weighted by molar-refractivity contribution is 6.42. The number of hydrogen-bond acceptors (Lipinski definition) is 4. The van der Waals surface area contributed by atoms with Gasteiger partial charge in [0, 0.05) is 26.2 Å². The highest BCUT2D eigenvalue weighted by atomic mass is 35.5. The summed E-state index contributed by atoms with van der Waals surface area (Å²) >= 11 is 12.4. The zero-order chi connectivity index (χ0) is 17.8. The Morgan fingerprint density at radius 3 is 2.16 bits per heavy atom. The molecule has 1 unspecified atom stereocenters. The van der Waals surface area contributed by atoms with E-state index in [1.54, 1.807) is 14.2 Å². The molecule has 6 heteroatoms. The van der Waals surface area contributed by atoms with Crippen LogP contribution in [0.25, 0.3) is 0 Å². The predicted octanol–water partition coefficient (Wildman–Crippen LogP) is 4.01. The number of benzene rings is 2. The average Bonchev–Trinajstić information content (AvgIpc) is 2.65. The monoisotopic (exact) mass is 380 g/mol. The summed E-state index contributed by atoms with van der Waals surface area (Å²) in [6.45, 7) is 3.73. The molecule has 1 aliphatic rings. The smallest absolute Gasteiger partial charge is 0.127 e. The predicted molar refractivity (Wildman–Crippen MR) is 102 cm³/mol. The summed E-state index contributed by atoms with van der Waals surface area (Å²) in [7, 11) is 3.36. The SMILES string of the molecule is COc1cccc(OC)c1C(c1ccc(Cl)c(Cl)c1)N1CCNCC1. The maximum Gasteiger partial charge on any atom is 0.127 e. The van der Waals surface area contributed by atoms with Gasteiger partial charge in [-0.15, -0.1) is 0 Å². The second-order valence-electron chi connectivity index (χ2n) is 5.94. The van der Waals surface area contributed by atoms with Gasteiger partial charge >= 0.3 is 0 Å². The van der Waals surface area contributed by atoms with Gasteiger partial charge in [-0.1, -0.05) is 35.3 Å². The third kappa shape index (κ3) is 3.87. The van der Waals surface area contributed by atoms with Gasteiger partial charge in [-0.2, -0.15) is 0 Å². The summed E-state index contributed by atoms with van der Waals surface area (Å²) in [5, 5.41) is 4.50. The molecule has 4 nitrogen and oxygen atoms in total. The van der Waals surface area contributed by atoms with Gasteiger partial charge in [0.15, 0.2) is 0 Å². The van der Waals surface area contributed by atoms with E-state index < -0.39 is 0 Å². The normalized spacial score (nSPS) is 16.5. The molecule has 3 rings (SSSR count). The third-order valence-corrected chi connectivity index (χ3v) is 5.25. The number of hydrogen-bond donors (Lipinski definition) is 1. The van der Waals surface area contributed by atoms with Crippen molar-refractivity contribution in [3.8, 4) is 11.5 Å². The summed E-state index contributed by atoms with van der Waals surface area (Å²) in [5.41, 5.74) is 2.08. The Morgan fingerprint density at radius 1 is 0.960 bits per heavy atom. The standard InChI is InChI=1S/C19H22Cl2N2O2/c1-24-16-4-3-5-17(25-2)18(16)19(23-10-8-22-9-11-23)13-6-7-14(20)15(21)12-13/h3-7,12,19,22H,8-11H2,1-2H3. The number of halogens is 2.